The first kappa shape index (κ1) is 9.84. The number of rotatable bonds is 3. The molecule has 0 heterocycles. The van der Waals surface area contributed by atoms with Crippen LogP contribution in [-0.4, -0.2) is 13.2 Å². The van der Waals surface area contributed by atoms with Crippen molar-refractivity contribution in [3.05, 3.63) is 27.7 Å². The number of hydrogen-bond acceptors (Lipinski definition) is 2. The quantitative estimate of drug-likeness (QED) is 0.894. The lowest BCUT2D eigenvalue weighted by Gasteiger charge is -2.04. The van der Waals surface area contributed by atoms with Gasteiger partial charge in [0, 0.05) is 11.0 Å². The highest BCUT2D eigenvalue weighted by atomic mass is 79.9. The normalized spacial score (nSPS) is 9.92. The van der Waals surface area contributed by atoms with Crippen molar-refractivity contribution in [2.75, 3.05) is 13.2 Å². The van der Waals surface area contributed by atoms with Crippen molar-refractivity contribution in [3.63, 3.8) is 0 Å². The van der Waals surface area contributed by atoms with Crippen molar-refractivity contribution < 1.29 is 4.74 Å². The summed E-state index contributed by atoms with van der Waals surface area (Å²) in [5.41, 5.74) is 5.28. The maximum Gasteiger partial charge on any atom is 0.120 e. The van der Waals surface area contributed by atoms with Crippen LogP contribution in [0.2, 0.25) is 5.02 Å². The smallest absolute Gasteiger partial charge is 0.120 e. The molecule has 1 rings (SSSR count). The van der Waals surface area contributed by atoms with Crippen molar-refractivity contribution in [2.45, 2.75) is 0 Å². The van der Waals surface area contributed by atoms with Gasteiger partial charge in [0.25, 0.3) is 0 Å². The third-order valence-corrected chi connectivity index (χ3v) is 2.49. The molecule has 1 aromatic carbocycles. The summed E-state index contributed by atoms with van der Waals surface area (Å²) >= 11 is 9.08. The SMILES string of the molecule is NCCOc1ccc(Cl)c(Br)c1. The number of halogens is 2. The standard InChI is InChI=1S/C8H9BrClNO/c9-7-5-6(12-4-3-11)1-2-8(7)10/h1-2,5H,3-4,11H2. The second-order valence-electron chi connectivity index (χ2n) is 2.21. The van der Waals surface area contributed by atoms with Crippen molar-refractivity contribution in [1.82, 2.24) is 0 Å². The van der Waals surface area contributed by atoms with E-state index in [0.717, 1.165) is 10.2 Å². The second-order valence-corrected chi connectivity index (χ2v) is 3.47. The van der Waals surface area contributed by atoms with E-state index in [2.05, 4.69) is 15.9 Å². The minimum Gasteiger partial charge on any atom is -0.492 e. The zero-order valence-corrected chi connectivity index (χ0v) is 8.73. The average Bonchev–Trinajstić information content (AvgIpc) is 2.07. The Hall–Kier alpha value is -0.250. The molecule has 12 heavy (non-hydrogen) atoms. The largest absolute Gasteiger partial charge is 0.492 e. The van der Waals surface area contributed by atoms with Crippen LogP contribution in [0.3, 0.4) is 0 Å². The summed E-state index contributed by atoms with van der Waals surface area (Å²) in [7, 11) is 0. The minimum atomic E-state index is 0.514. The molecule has 0 saturated carbocycles. The highest BCUT2D eigenvalue weighted by Gasteiger charge is 1.98. The Labute approximate surface area is 84.8 Å². The van der Waals surface area contributed by atoms with Gasteiger partial charge >= 0.3 is 0 Å². The van der Waals surface area contributed by atoms with E-state index in [1.807, 2.05) is 12.1 Å². The van der Waals surface area contributed by atoms with Gasteiger partial charge in [-0.25, -0.2) is 0 Å². The lowest BCUT2D eigenvalue weighted by molar-refractivity contribution is 0.328. The van der Waals surface area contributed by atoms with E-state index in [1.165, 1.54) is 0 Å². The maximum atomic E-state index is 5.79. The van der Waals surface area contributed by atoms with Gasteiger partial charge in [0.05, 0.1) is 5.02 Å². The first-order valence-electron chi connectivity index (χ1n) is 3.52. The van der Waals surface area contributed by atoms with E-state index >= 15 is 0 Å². The van der Waals surface area contributed by atoms with Gasteiger partial charge in [0.1, 0.15) is 12.4 Å². The van der Waals surface area contributed by atoms with Gasteiger partial charge < -0.3 is 10.5 Å². The predicted octanol–water partition coefficient (Wildman–Crippen LogP) is 2.44. The predicted molar refractivity (Wildman–Crippen MR) is 53.7 cm³/mol. The summed E-state index contributed by atoms with van der Waals surface area (Å²) < 4.78 is 6.11. The molecule has 2 nitrogen and oxygen atoms in total. The highest BCUT2D eigenvalue weighted by Crippen LogP contribution is 2.26. The number of nitrogens with two attached hydrogens (primary N) is 1. The zero-order valence-electron chi connectivity index (χ0n) is 6.39. The van der Waals surface area contributed by atoms with E-state index in [1.54, 1.807) is 6.07 Å². The molecule has 0 aromatic heterocycles. The Morgan fingerprint density at radius 1 is 1.50 bits per heavy atom. The van der Waals surface area contributed by atoms with Crippen molar-refractivity contribution in [3.8, 4) is 5.75 Å². The Morgan fingerprint density at radius 3 is 2.83 bits per heavy atom. The van der Waals surface area contributed by atoms with Crippen LogP contribution in [0.15, 0.2) is 22.7 Å². The molecule has 0 amide bonds. The average molecular weight is 251 g/mol. The summed E-state index contributed by atoms with van der Waals surface area (Å²) in [6, 6.07) is 5.40. The van der Waals surface area contributed by atoms with Gasteiger partial charge in [-0.1, -0.05) is 11.6 Å². The summed E-state index contributed by atoms with van der Waals surface area (Å²) in [6.45, 7) is 1.04. The second kappa shape index (κ2) is 4.70. The molecule has 0 spiro atoms. The third kappa shape index (κ3) is 2.66. The topological polar surface area (TPSA) is 35.2 Å². The molecule has 0 aliphatic rings. The third-order valence-electron chi connectivity index (χ3n) is 1.28. The highest BCUT2D eigenvalue weighted by molar-refractivity contribution is 9.10. The Balaban J connectivity index is 2.69. The fourth-order valence-electron chi connectivity index (χ4n) is 0.743. The summed E-state index contributed by atoms with van der Waals surface area (Å²) in [6.07, 6.45) is 0. The van der Waals surface area contributed by atoms with Crippen LogP contribution < -0.4 is 10.5 Å². The number of hydrogen-bond donors (Lipinski definition) is 1. The fraction of sp³-hybridized carbons (Fsp3) is 0.250. The lowest BCUT2D eigenvalue weighted by Crippen LogP contribution is -2.10. The van der Waals surface area contributed by atoms with Gasteiger partial charge in [0.15, 0.2) is 0 Å². The molecule has 0 atom stereocenters. The van der Waals surface area contributed by atoms with Crippen LogP contribution in [0, 0.1) is 0 Å². The summed E-state index contributed by atoms with van der Waals surface area (Å²) in [5.74, 6) is 0.775. The molecule has 0 saturated heterocycles. The molecule has 2 N–H and O–H groups in total. The van der Waals surface area contributed by atoms with Crippen LogP contribution in [0.25, 0.3) is 0 Å². The van der Waals surface area contributed by atoms with Crippen molar-refractivity contribution >= 4 is 27.5 Å². The molecular formula is C8H9BrClNO. The molecule has 0 bridgehead atoms. The van der Waals surface area contributed by atoms with Crippen molar-refractivity contribution in [2.24, 2.45) is 5.73 Å². The van der Waals surface area contributed by atoms with E-state index < -0.39 is 0 Å². The van der Waals surface area contributed by atoms with Crippen LogP contribution >= 0.6 is 27.5 Å². The van der Waals surface area contributed by atoms with E-state index in [-0.39, 0.29) is 0 Å². The van der Waals surface area contributed by atoms with Gasteiger partial charge in [-0.05, 0) is 34.1 Å². The first-order chi connectivity index (χ1) is 5.74. The first-order valence-corrected chi connectivity index (χ1v) is 4.69. The van der Waals surface area contributed by atoms with E-state index in [0.29, 0.717) is 18.2 Å². The fourth-order valence-corrected chi connectivity index (χ4v) is 1.22. The summed E-state index contributed by atoms with van der Waals surface area (Å²) in [4.78, 5) is 0. The number of benzene rings is 1. The molecule has 0 aliphatic carbocycles. The molecule has 4 heteroatoms. The molecular weight excluding hydrogens is 241 g/mol. The Bertz CT molecular complexity index is 267. The van der Waals surface area contributed by atoms with Gasteiger partial charge in [-0.15, -0.1) is 0 Å². The van der Waals surface area contributed by atoms with Gasteiger partial charge in [-0.3, -0.25) is 0 Å². The molecule has 0 fully saturated rings. The monoisotopic (exact) mass is 249 g/mol. The Morgan fingerprint density at radius 2 is 2.25 bits per heavy atom. The van der Waals surface area contributed by atoms with Crippen LogP contribution in [0.1, 0.15) is 0 Å². The van der Waals surface area contributed by atoms with Gasteiger partial charge in [0.2, 0.25) is 0 Å². The molecule has 0 radical (unpaired) electrons. The van der Waals surface area contributed by atoms with E-state index in [9.17, 15) is 0 Å². The van der Waals surface area contributed by atoms with E-state index in [4.69, 9.17) is 22.1 Å². The van der Waals surface area contributed by atoms with Crippen LogP contribution in [-0.2, 0) is 0 Å². The number of ether oxygens (including phenoxy) is 1. The molecule has 66 valence electrons. The minimum absolute atomic E-state index is 0.514. The van der Waals surface area contributed by atoms with Crippen LogP contribution in [0.4, 0.5) is 0 Å². The lowest BCUT2D eigenvalue weighted by atomic mass is 10.3. The molecule has 1 aromatic rings. The van der Waals surface area contributed by atoms with Gasteiger partial charge in [-0.2, -0.15) is 0 Å². The Kier molecular flexibility index (Phi) is 3.85. The summed E-state index contributed by atoms with van der Waals surface area (Å²) in [5, 5.41) is 0.676. The maximum absolute atomic E-state index is 5.79. The van der Waals surface area contributed by atoms with Crippen LogP contribution in [0.5, 0.6) is 5.75 Å². The molecule has 0 aliphatic heterocycles. The molecule has 0 unspecified atom stereocenters. The zero-order chi connectivity index (χ0) is 8.97. The van der Waals surface area contributed by atoms with Crippen molar-refractivity contribution in [1.29, 1.82) is 0 Å².